The van der Waals surface area contributed by atoms with Crippen LogP contribution in [0.4, 0.5) is 0 Å². The fraction of sp³-hybridized carbons (Fsp3) is 0.538. The van der Waals surface area contributed by atoms with Gasteiger partial charge in [-0.25, -0.2) is 0 Å². The summed E-state index contributed by atoms with van der Waals surface area (Å²) in [6, 6.07) is 5.79. The van der Waals surface area contributed by atoms with E-state index in [0.29, 0.717) is 5.25 Å². The molecule has 1 aromatic carbocycles. The van der Waals surface area contributed by atoms with E-state index in [1.807, 2.05) is 30.0 Å². The topological polar surface area (TPSA) is 44.5 Å². The molecular formula is C13H21NO2S. The summed E-state index contributed by atoms with van der Waals surface area (Å²) in [6.07, 6.45) is 0. The highest BCUT2D eigenvalue weighted by molar-refractivity contribution is 7.99. The molecule has 17 heavy (non-hydrogen) atoms. The Kier molecular flexibility index (Phi) is 5.65. The maximum atomic E-state index is 6.16. The van der Waals surface area contributed by atoms with E-state index in [2.05, 4.69) is 13.8 Å². The Labute approximate surface area is 108 Å². The lowest BCUT2D eigenvalue weighted by atomic mass is 10.1. The number of rotatable bonds is 6. The molecule has 0 bridgehead atoms. The van der Waals surface area contributed by atoms with Gasteiger partial charge in [-0.15, -0.1) is 0 Å². The highest BCUT2D eigenvalue weighted by Gasteiger charge is 2.10. The zero-order valence-corrected chi connectivity index (χ0v) is 11.7. The molecule has 2 N–H and O–H groups in total. The zero-order chi connectivity index (χ0) is 12.8. The van der Waals surface area contributed by atoms with Crippen LogP contribution in [0.1, 0.15) is 25.5 Å². The zero-order valence-electron chi connectivity index (χ0n) is 10.9. The molecule has 1 rings (SSSR count). The first-order valence-corrected chi connectivity index (χ1v) is 6.71. The molecule has 0 radical (unpaired) electrons. The summed E-state index contributed by atoms with van der Waals surface area (Å²) in [6.45, 7) is 4.34. The lowest BCUT2D eigenvalue weighted by Crippen LogP contribution is -2.14. The second-order valence-electron chi connectivity index (χ2n) is 4.13. The van der Waals surface area contributed by atoms with Crippen molar-refractivity contribution in [3.05, 3.63) is 23.8 Å². The van der Waals surface area contributed by atoms with Gasteiger partial charge in [0, 0.05) is 17.9 Å². The van der Waals surface area contributed by atoms with E-state index in [1.165, 1.54) is 0 Å². The minimum Gasteiger partial charge on any atom is -0.497 e. The number of thioether (sulfide) groups is 1. The van der Waals surface area contributed by atoms with Crippen LogP contribution in [0.3, 0.4) is 0 Å². The summed E-state index contributed by atoms with van der Waals surface area (Å²) in [5, 5.41) is 0.591. The molecule has 1 unspecified atom stereocenters. The quantitative estimate of drug-likeness (QED) is 0.849. The third-order valence-electron chi connectivity index (χ3n) is 2.41. The van der Waals surface area contributed by atoms with Gasteiger partial charge in [0.15, 0.2) is 0 Å². The van der Waals surface area contributed by atoms with Crippen molar-refractivity contribution in [3.63, 3.8) is 0 Å². The SMILES string of the molecule is COc1cc(OC)cc(C(N)CSC(C)C)c1. The molecule has 3 nitrogen and oxygen atoms in total. The van der Waals surface area contributed by atoms with Gasteiger partial charge in [0.1, 0.15) is 11.5 Å². The maximum absolute atomic E-state index is 6.16. The Morgan fingerprint density at radius 3 is 2.06 bits per heavy atom. The summed E-state index contributed by atoms with van der Waals surface area (Å²) in [5.41, 5.74) is 7.21. The van der Waals surface area contributed by atoms with E-state index >= 15 is 0 Å². The van der Waals surface area contributed by atoms with Crippen LogP contribution < -0.4 is 15.2 Å². The summed E-state index contributed by atoms with van der Waals surface area (Å²) in [4.78, 5) is 0. The normalized spacial score (nSPS) is 12.6. The van der Waals surface area contributed by atoms with E-state index < -0.39 is 0 Å². The average molecular weight is 255 g/mol. The predicted octanol–water partition coefficient (Wildman–Crippen LogP) is 2.85. The van der Waals surface area contributed by atoms with E-state index in [-0.39, 0.29) is 6.04 Å². The molecule has 0 saturated heterocycles. The summed E-state index contributed by atoms with van der Waals surface area (Å²) >= 11 is 1.85. The average Bonchev–Trinajstić information content (AvgIpc) is 2.34. The molecule has 0 fully saturated rings. The Morgan fingerprint density at radius 1 is 1.12 bits per heavy atom. The van der Waals surface area contributed by atoms with Gasteiger partial charge < -0.3 is 15.2 Å². The van der Waals surface area contributed by atoms with Crippen LogP contribution in [0.15, 0.2) is 18.2 Å². The fourth-order valence-electron chi connectivity index (χ4n) is 1.44. The van der Waals surface area contributed by atoms with Crippen molar-refractivity contribution in [1.29, 1.82) is 0 Å². The highest BCUT2D eigenvalue weighted by Crippen LogP contribution is 2.27. The van der Waals surface area contributed by atoms with Crippen LogP contribution in [-0.2, 0) is 0 Å². The molecule has 96 valence electrons. The largest absolute Gasteiger partial charge is 0.497 e. The van der Waals surface area contributed by atoms with Crippen molar-refractivity contribution >= 4 is 11.8 Å². The molecule has 0 aliphatic rings. The van der Waals surface area contributed by atoms with Gasteiger partial charge in [0.25, 0.3) is 0 Å². The molecule has 0 heterocycles. The van der Waals surface area contributed by atoms with Gasteiger partial charge in [-0.3, -0.25) is 0 Å². The minimum absolute atomic E-state index is 0.00593. The summed E-state index contributed by atoms with van der Waals surface area (Å²) < 4.78 is 10.5. The molecule has 0 saturated carbocycles. The number of methoxy groups -OCH3 is 2. The lowest BCUT2D eigenvalue weighted by Gasteiger charge is -2.15. The van der Waals surface area contributed by atoms with Gasteiger partial charge >= 0.3 is 0 Å². The van der Waals surface area contributed by atoms with Crippen LogP contribution in [0.5, 0.6) is 11.5 Å². The van der Waals surface area contributed by atoms with Crippen LogP contribution in [0, 0.1) is 0 Å². The molecule has 0 aromatic heterocycles. The van der Waals surface area contributed by atoms with Gasteiger partial charge in [0.2, 0.25) is 0 Å². The second-order valence-corrected chi connectivity index (χ2v) is 5.74. The Hall–Kier alpha value is -0.870. The molecule has 0 spiro atoms. The van der Waals surface area contributed by atoms with E-state index in [4.69, 9.17) is 15.2 Å². The van der Waals surface area contributed by atoms with Crippen molar-refractivity contribution in [3.8, 4) is 11.5 Å². The van der Waals surface area contributed by atoms with Crippen molar-refractivity contribution < 1.29 is 9.47 Å². The molecule has 1 atom stereocenters. The number of nitrogens with two attached hydrogens (primary N) is 1. The molecule has 1 aromatic rings. The molecule has 0 aliphatic heterocycles. The van der Waals surface area contributed by atoms with Crippen LogP contribution >= 0.6 is 11.8 Å². The van der Waals surface area contributed by atoms with Crippen molar-refractivity contribution in [2.75, 3.05) is 20.0 Å². The highest BCUT2D eigenvalue weighted by atomic mass is 32.2. The number of hydrogen-bond donors (Lipinski definition) is 1. The van der Waals surface area contributed by atoms with E-state index in [1.54, 1.807) is 14.2 Å². The van der Waals surface area contributed by atoms with Crippen molar-refractivity contribution in [2.24, 2.45) is 5.73 Å². The minimum atomic E-state index is 0.00593. The monoisotopic (exact) mass is 255 g/mol. The first-order valence-electron chi connectivity index (χ1n) is 5.67. The maximum Gasteiger partial charge on any atom is 0.122 e. The standard InChI is InChI=1S/C13H21NO2S/c1-9(2)17-8-13(14)10-5-11(15-3)7-12(6-10)16-4/h5-7,9,13H,8,14H2,1-4H3. The number of ether oxygens (including phenoxy) is 2. The van der Waals surface area contributed by atoms with Crippen LogP contribution in [0.2, 0.25) is 0 Å². The summed E-state index contributed by atoms with van der Waals surface area (Å²) in [5.74, 6) is 2.46. The third-order valence-corrected chi connectivity index (χ3v) is 3.63. The predicted molar refractivity (Wildman–Crippen MR) is 74.1 cm³/mol. The Balaban J connectivity index is 2.80. The Morgan fingerprint density at radius 2 is 1.65 bits per heavy atom. The van der Waals surface area contributed by atoms with Crippen LogP contribution in [-0.4, -0.2) is 25.2 Å². The van der Waals surface area contributed by atoms with Crippen molar-refractivity contribution in [2.45, 2.75) is 25.1 Å². The van der Waals surface area contributed by atoms with E-state index in [9.17, 15) is 0 Å². The van der Waals surface area contributed by atoms with Gasteiger partial charge in [0.05, 0.1) is 14.2 Å². The molecule has 4 heteroatoms. The van der Waals surface area contributed by atoms with Crippen molar-refractivity contribution in [1.82, 2.24) is 0 Å². The number of hydrogen-bond acceptors (Lipinski definition) is 4. The first-order chi connectivity index (χ1) is 8.06. The van der Waals surface area contributed by atoms with Gasteiger partial charge in [-0.1, -0.05) is 13.8 Å². The van der Waals surface area contributed by atoms with Gasteiger partial charge in [-0.05, 0) is 22.9 Å². The molecule has 0 amide bonds. The first kappa shape index (κ1) is 14.2. The Bertz CT molecular complexity index is 333. The fourth-order valence-corrected chi connectivity index (χ4v) is 2.22. The smallest absolute Gasteiger partial charge is 0.122 e. The van der Waals surface area contributed by atoms with Crippen LogP contribution in [0.25, 0.3) is 0 Å². The summed E-state index contributed by atoms with van der Waals surface area (Å²) in [7, 11) is 3.29. The molecular weight excluding hydrogens is 234 g/mol. The van der Waals surface area contributed by atoms with Gasteiger partial charge in [-0.2, -0.15) is 11.8 Å². The molecule has 0 aliphatic carbocycles. The lowest BCUT2D eigenvalue weighted by molar-refractivity contribution is 0.393. The van der Waals surface area contributed by atoms with E-state index in [0.717, 1.165) is 22.8 Å². The number of benzene rings is 1. The third kappa shape index (κ3) is 4.48. The second kappa shape index (κ2) is 6.77.